The molecule has 2 unspecified atom stereocenters. The van der Waals surface area contributed by atoms with Gasteiger partial charge in [0.25, 0.3) is 0 Å². The Morgan fingerprint density at radius 3 is 2.74 bits per heavy atom. The number of carboxylic acid groups (broad SMARTS) is 1. The summed E-state index contributed by atoms with van der Waals surface area (Å²) < 4.78 is 13.7. The maximum atomic E-state index is 13.7. The lowest BCUT2D eigenvalue weighted by atomic mass is 9.86. The van der Waals surface area contributed by atoms with Gasteiger partial charge in [0.15, 0.2) is 0 Å². The highest BCUT2D eigenvalue weighted by Gasteiger charge is 2.22. The molecule has 0 amide bonds. The number of carbonyl (C=O) groups is 1. The van der Waals surface area contributed by atoms with Gasteiger partial charge < -0.3 is 15.5 Å². The maximum Gasteiger partial charge on any atom is 0.335 e. The fraction of sp³-hybridized carbons (Fsp3) is 0.500. The van der Waals surface area contributed by atoms with E-state index >= 15 is 0 Å². The van der Waals surface area contributed by atoms with E-state index in [1.54, 1.807) is 0 Å². The van der Waals surface area contributed by atoms with Crippen LogP contribution in [-0.2, 0) is 0 Å². The van der Waals surface area contributed by atoms with Crippen LogP contribution in [0.1, 0.15) is 36.0 Å². The number of rotatable bonds is 4. The Kier molecular flexibility index (Phi) is 4.37. The SMILES string of the molecule is O=C(O)c1ccc(NCC2CCCCC2O)c(F)c1. The minimum absolute atomic E-state index is 0.0687. The lowest BCUT2D eigenvalue weighted by molar-refractivity contribution is 0.0696. The zero-order valence-corrected chi connectivity index (χ0v) is 10.6. The van der Waals surface area contributed by atoms with Crippen molar-refractivity contribution in [3.8, 4) is 0 Å². The molecular formula is C14H18FNO3. The third kappa shape index (κ3) is 3.44. The first-order valence-corrected chi connectivity index (χ1v) is 6.52. The molecule has 3 N–H and O–H groups in total. The number of hydrogen-bond donors (Lipinski definition) is 3. The van der Waals surface area contributed by atoms with Crippen molar-refractivity contribution in [1.82, 2.24) is 0 Å². The van der Waals surface area contributed by atoms with Crippen molar-refractivity contribution in [3.05, 3.63) is 29.6 Å². The zero-order valence-electron chi connectivity index (χ0n) is 10.6. The molecule has 1 aromatic carbocycles. The maximum absolute atomic E-state index is 13.7. The van der Waals surface area contributed by atoms with Crippen LogP contribution in [-0.4, -0.2) is 28.8 Å². The van der Waals surface area contributed by atoms with Crippen molar-refractivity contribution < 1.29 is 19.4 Å². The fourth-order valence-corrected chi connectivity index (χ4v) is 2.46. The number of carboxylic acids is 1. The van der Waals surface area contributed by atoms with Crippen molar-refractivity contribution in [3.63, 3.8) is 0 Å². The fourth-order valence-electron chi connectivity index (χ4n) is 2.46. The van der Waals surface area contributed by atoms with Crippen molar-refractivity contribution in [2.75, 3.05) is 11.9 Å². The van der Waals surface area contributed by atoms with E-state index in [0.717, 1.165) is 31.7 Å². The van der Waals surface area contributed by atoms with E-state index in [0.29, 0.717) is 6.54 Å². The standard InChI is InChI=1S/C14H18FNO3/c15-11-7-9(14(18)19)5-6-12(11)16-8-10-3-1-2-4-13(10)17/h5-7,10,13,16-17H,1-4,8H2,(H,18,19). The number of aliphatic hydroxyl groups excluding tert-OH is 1. The molecule has 1 fully saturated rings. The molecular weight excluding hydrogens is 249 g/mol. The largest absolute Gasteiger partial charge is 0.478 e. The first-order chi connectivity index (χ1) is 9.08. The molecule has 104 valence electrons. The minimum atomic E-state index is -1.15. The van der Waals surface area contributed by atoms with Gasteiger partial charge in [0.2, 0.25) is 0 Å². The summed E-state index contributed by atoms with van der Waals surface area (Å²) in [5.74, 6) is -1.59. The van der Waals surface area contributed by atoms with E-state index in [1.807, 2.05) is 0 Å². The van der Waals surface area contributed by atoms with Crippen LogP contribution in [0, 0.1) is 11.7 Å². The molecule has 0 saturated heterocycles. The van der Waals surface area contributed by atoms with Gasteiger partial charge in [-0.3, -0.25) is 0 Å². The smallest absolute Gasteiger partial charge is 0.335 e. The Morgan fingerprint density at radius 2 is 2.11 bits per heavy atom. The molecule has 1 saturated carbocycles. The molecule has 1 aromatic rings. The van der Waals surface area contributed by atoms with Crippen LogP contribution in [0.4, 0.5) is 10.1 Å². The van der Waals surface area contributed by atoms with Crippen molar-refractivity contribution >= 4 is 11.7 Å². The second kappa shape index (κ2) is 6.02. The average Bonchev–Trinajstić information content (AvgIpc) is 2.39. The topological polar surface area (TPSA) is 69.6 Å². The number of halogens is 1. The molecule has 5 heteroatoms. The lowest BCUT2D eigenvalue weighted by Gasteiger charge is -2.28. The number of hydrogen-bond acceptors (Lipinski definition) is 3. The van der Waals surface area contributed by atoms with Crippen LogP contribution in [0.3, 0.4) is 0 Å². The first-order valence-electron chi connectivity index (χ1n) is 6.52. The molecule has 0 aliphatic heterocycles. The Balaban J connectivity index is 1.97. The number of aliphatic hydroxyl groups is 1. The van der Waals surface area contributed by atoms with Crippen molar-refractivity contribution in [2.24, 2.45) is 5.92 Å². The Morgan fingerprint density at radius 1 is 1.37 bits per heavy atom. The van der Waals surface area contributed by atoms with Gasteiger partial charge >= 0.3 is 5.97 Å². The van der Waals surface area contributed by atoms with Crippen LogP contribution < -0.4 is 5.32 Å². The van der Waals surface area contributed by atoms with Gasteiger partial charge in [-0.05, 0) is 31.0 Å². The molecule has 0 radical (unpaired) electrons. The van der Waals surface area contributed by atoms with Crippen molar-refractivity contribution in [1.29, 1.82) is 0 Å². The Bertz CT molecular complexity index is 464. The van der Waals surface area contributed by atoms with Gasteiger partial charge in [0.1, 0.15) is 5.82 Å². The predicted molar refractivity (Wildman–Crippen MR) is 69.8 cm³/mol. The van der Waals surface area contributed by atoms with Gasteiger partial charge in [0.05, 0.1) is 17.4 Å². The van der Waals surface area contributed by atoms with E-state index < -0.39 is 11.8 Å². The number of nitrogens with one attached hydrogen (secondary N) is 1. The second-order valence-electron chi connectivity index (χ2n) is 4.99. The molecule has 2 rings (SSSR count). The third-order valence-electron chi connectivity index (χ3n) is 3.64. The van der Waals surface area contributed by atoms with Crippen LogP contribution in [0.2, 0.25) is 0 Å². The first kappa shape index (κ1) is 13.8. The predicted octanol–water partition coefficient (Wildman–Crippen LogP) is 2.49. The molecule has 0 heterocycles. The van der Waals surface area contributed by atoms with Gasteiger partial charge in [0, 0.05) is 12.5 Å². The van der Waals surface area contributed by atoms with Crippen LogP contribution in [0.15, 0.2) is 18.2 Å². The molecule has 1 aliphatic rings. The summed E-state index contributed by atoms with van der Waals surface area (Å²) in [6, 6.07) is 3.79. The molecule has 0 spiro atoms. The zero-order chi connectivity index (χ0) is 13.8. The Labute approximate surface area is 111 Å². The minimum Gasteiger partial charge on any atom is -0.478 e. The Hall–Kier alpha value is -1.62. The van der Waals surface area contributed by atoms with Crippen LogP contribution >= 0.6 is 0 Å². The normalized spacial score (nSPS) is 23.1. The quantitative estimate of drug-likeness (QED) is 0.784. The summed E-state index contributed by atoms with van der Waals surface area (Å²) in [5.41, 5.74) is 0.212. The lowest BCUT2D eigenvalue weighted by Crippen LogP contribution is -2.30. The van der Waals surface area contributed by atoms with Gasteiger partial charge in [-0.2, -0.15) is 0 Å². The second-order valence-corrected chi connectivity index (χ2v) is 4.99. The van der Waals surface area contributed by atoms with Crippen LogP contribution in [0.25, 0.3) is 0 Å². The molecule has 4 nitrogen and oxygen atoms in total. The average molecular weight is 267 g/mol. The van der Waals surface area contributed by atoms with Gasteiger partial charge in [-0.15, -0.1) is 0 Å². The number of benzene rings is 1. The van der Waals surface area contributed by atoms with Crippen molar-refractivity contribution in [2.45, 2.75) is 31.8 Å². The summed E-state index contributed by atoms with van der Waals surface area (Å²) in [6.07, 6.45) is 3.53. The van der Waals surface area contributed by atoms with E-state index in [2.05, 4.69) is 5.32 Å². The summed E-state index contributed by atoms with van der Waals surface area (Å²) in [4.78, 5) is 10.7. The van der Waals surface area contributed by atoms with E-state index in [-0.39, 0.29) is 23.3 Å². The highest BCUT2D eigenvalue weighted by atomic mass is 19.1. The number of aromatic carboxylic acids is 1. The highest BCUT2D eigenvalue weighted by Crippen LogP contribution is 2.25. The third-order valence-corrected chi connectivity index (χ3v) is 3.64. The van der Waals surface area contributed by atoms with E-state index in [4.69, 9.17) is 5.11 Å². The van der Waals surface area contributed by atoms with Crippen LogP contribution in [0.5, 0.6) is 0 Å². The van der Waals surface area contributed by atoms with Gasteiger partial charge in [-0.25, -0.2) is 9.18 Å². The molecule has 0 bridgehead atoms. The number of anilines is 1. The summed E-state index contributed by atoms with van der Waals surface area (Å²) in [6.45, 7) is 0.504. The summed E-state index contributed by atoms with van der Waals surface area (Å²) in [7, 11) is 0. The summed E-state index contributed by atoms with van der Waals surface area (Å²) in [5, 5.41) is 21.5. The van der Waals surface area contributed by atoms with E-state index in [9.17, 15) is 14.3 Å². The molecule has 0 aromatic heterocycles. The molecule has 1 aliphatic carbocycles. The molecule has 2 atom stereocenters. The molecule has 19 heavy (non-hydrogen) atoms. The van der Waals surface area contributed by atoms with Gasteiger partial charge in [-0.1, -0.05) is 12.8 Å². The van der Waals surface area contributed by atoms with E-state index in [1.165, 1.54) is 12.1 Å². The highest BCUT2D eigenvalue weighted by molar-refractivity contribution is 5.88. The monoisotopic (exact) mass is 267 g/mol. The summed E-state index contributed by atoms with van der Waals surface area (Å²) >= 11 is 0.